The molecule has 0 heterocycles. The predicted octanol–water partition coefficient (Wildman–Crippen LogP) is 2.45. The van der Waals surface area contributed by atoms with Gasteiger partial charge in [0.15, 0.2) is 0 Å². The van der Waals surface area contributed by atoms with Crippen LogP contribution >= 0.6 is 0 Å². The number of carbonyl (C=O) groups excluding carboxylic acids is 1. The molecule has 1 aliphatic rings. The first-order chi connectivity index (χ1) is 7.29. The van der Waals surface area contributed by atoms with Gasteiger partial charge < -0.3 is 5.73 Å². The van der Waals surface area contributed by atoms with Crippen molar-refractivity contribution in [2.24, 2.45) is 11.7 Å². The fraction of sp³-hybridized carbons (Fsp3) is 0.462. The molecule has 2 nitrogen and oxygen atoms in total. The van der Waals surface area contributed by atoms with Crippen LogP contribution < -0.4 is 5.73 Å². The molecule has 2 heteroatoms. The Bertz CT molecular complexity index is 328. The Labute approximate surface area is 90.5 Å². The van der Waals surface area contributed by atoms with Gasteiger partial charge >= 0.3 is 0 Å². The molecular weight excluding hydrogens is 186 g/mol. The average Bonchev–Trinajstić information content (AvgIpc) is 2.72. The highest BCUT2D eigenvalue weighted by Crippen LogP contribution is 2.36. The summed E-state index contributed by atoms with van der Waals surface area (Å²) in [5.74, 6) is 0.215. The minimum atomic E-state index is -0.173. The van der Waals surface area contributed by atoms with Crippen LogP contribution in [0.3, 0.4) is 0 Å². The molecule has 0 aromatic heterocycles. The van der Waals surface area contributed by atoms with E-state index in [1.807, 2.05) is 30.3 Å². The van der Waals surface area contributed by atoms with Crippen LogP contribution in [-0.2, 0) is 4.79 Å². The first-order valence-corrected chi connectivity index (χ1v) is 5.63. The summed E-state index contributed by atoms with van der Waals surface area (Å²) in [6, 6.07) is 9.93. The second-order valence-corrected chi connectivity index (χ2v) is 4.34. The first-order valence-electron chi connectivity index (χ1n) is 5.63. The summed E-state index contributed by atoms with van der Waals surface area (Å²) in [4.78, 5) is 11.5. The van der Waals surface area contributed by atoms with Crippen molar-refractivity contribution in [2.75, 3.05) is 0 Å². The minimum absolute atomic E-state index is 0.0753. The molecule has 1 aliphatic carbocycles. The van der Waals surface area contributed by atoms with Gasteiger partial charge in [-0.2, -0.15) is 0 Å². The summed E-state index contributed by atoms with van der Waals surface area (Å²) in [5.41, 5.74) is 6.59. The van der Waals surface area contributed by atoms with Gasteiger partial charge in [0.25, 0.3) is 0 Å². The Morgan fingerprint density at radius 2 is 1.80 bits per heavy atom. The van der Waals surface area contributed by atoms with Gasteiger partial charge in [0.05, 0.1) is 5.92 Å². The third-order valence-electron chi connectivity index (χ3n) is 3.34. The molecular formula is C13H17NO. The number of nitrogens with two attached hydrogens (primary N) is 1. The predicted molar refractivity (Wildman–Crippen MR) is 60.3 cm³/mol. The fourth-order valence-corrected chi connectivity index (χ4v) is 2.62. The van der Waals surface area contributed by atoms with Crippen LogP contribution in [0.4, 0.5) is 0 Å². The third-order valence-corrected chi connectivity index (χ3v) is 3.34. The van der Waals surface area contributed by atoms with Crippen molar-refractivity contribution in [1.29, 1.82) is 0 Å². The largest absolute Gasteiger partial charge is 0.369 e. The van der Waals surface area contributed by atoms with Crippen LogP contribution in [0.15, 0.2) is 30.3 Å². The average molecular weight is 203 g/mol. The third kappa shape index (κ3) is 2.20. The summed E-state index contributed by atoms with van der Waals surface area (Å²) in [6.07, 6.45) is 4.76. The van der Waals surface area contributed by atoms with Gasteiger partial charge in [0, 0.05) is 0 Å². The van der Waals surface area contributed by atoms with Gasteiger partial charge in [-0.25, -0.2) is 0 Å². The van der Waals surface area contributed by atoms with Crippen molar-refractivity contribution in [2.45, 2.75) is 31.6 Å². The fourth-order valence-electron chi connectivity index (χ4n) is 2.62. The highest BCUT2D eigenvalue weighted by atomic mass is 16.1. The molecule has 0 aliphatic heterocycles. The lowest BCUT2D eigenvalue weighted by atomic mass is 9.84. The number of rotatable bonds is 3. The SMILES string of the molecule is NC(=O)[C@@H](c1ccccc1)C1CCCC1. The van der Waals surface area contributed by atoms with E-state index in [0.717, 1.165) is 18.4 Å². The van der Waals surface area contributed by atoms with Crippen LogP contribution in [-0.4, -0.2) is 5.91 Å². The summed E-state index contributed by atoms with van der Waals surface area (Å²) in [5, 5.41) is 0. The van der Waals surface area contributed by atoms with Crippen LogP contribution in [0, 0.1) is 5.92 Å². The second-order valence-electron chi connectivity index (χ2n) is 4.34. The summed E-state index contributed by atoms with van der Waals surface area (Å²) < 4.78 is 0. The van der Waals surface area contributed by atoms with Crippen molar-refractivity contribution in [3.05, 3.63) is 35.9 Å². The van der Waals surface area contributed by atoms with Crippen LogP contribution in [0.1, 0.15) is 37.2 Å². The van der Waals surface area contributed by atoms with E-state index in [-0.39, 0.29) is 11.8 Å². The Kier molecular flexibility index (Phi) is 3.05. The van der Waals surface area contributed by atoms with Crippen LogP contribution in [0.5, 0.6) is 0 Å². The quantitative estimate of drug-likeness (QED) is 0.805. The zero-order chi connectivity index (χ0) is 10.7. The molecule has 15 heavy (non-hydrogen) atoms. The Morgan fingerprint density at radius 3 is 2.33 bits per heavy atom. The topological polar surface area (TPSA) is 43.1 Å². The maximum Gasteiger partial charge on any atom is 0.225 e. The molecule has 1 fully saturated rings. The van der Waals surface area contributed by atoms with Gasteiger partial charge in [0.1, 0.15) is 0 Å². The molecule has 1 saturated carbocycles. The van der Waals surface area contributed by atoms with Gasteiger partial charge in [-0.15, -0.1) is 0 Å². The van der Waals surface area contributed by atoms with E-state index in [1.165, 1.54) is 12.8 Å². The van der Waals surface area contributed by atoms with Crippen LogP contribution in [0.25, 0.3) is 0 Å². The molecule has 1 aromatic rings. The second kappa shape index (κ2) is 4.47. The zero-order valence-corrected chi connectivity index (χ0v) is 8.86. The maximum absolute atomic E-state index is 11.5. The molecule has 1 atom stereocenters. The number of hydrogen-bond acceptors (Lipinski definition) is 1. The van der Waals surface area contributed by atoms with Crippen molar-refractivity contribution in [1.82, 2.24) is 0 Å². The van der Waals surface area contributed by atoms with E-state index < -0.39 is 0 Å². The molecule has 0 radical (unpaired) electrons. The van der Waals surface area contributed by atoms with Crippen molar-refractivity contribution in [3.63, 3.8) is 0 Å². The molecule has 0 saturated heterocycles. The van der Waals surface area contributed by atoms with E-state index >= 15 is 0 Å². The molecule has 0 bridgehead atoms. The molecule has 0 spiro atoms. The normalized spacial score (nSPS) is 18.9. The lowest BCUT2D eigenvalue weighted by molar-refractivity contribution is -0.120. The molecule has 1 amide bonds. The van der Waals surface area contributed by atoms with E-state index in [1.54, 1.807) is 0 Å². The summed E-state index contributed by atoms with van der Waals surface area (Å²) >= 11 is 0. The van der Waals surface area contributed by atoms with Gasteiger partial charge in [0.2, 0.25) is 5.91 Å². The number of amides is 1. The summed E-state index contributed by atoms with van der Waals surface area (Å²) in [7, 11) is 0. The Morgan fingerprint density at radius 1 is 1.20 bits per heavy atom. The van der Waals surface area contributed by atoms with Gasteiger partial charge in [-0.1, -0.05) is 43.2 Å². The lowest BCUT2D eigenvalue weighted by Crippen LogP contribution is -2.26. The van der Waals surface area contributed by atoms with E-state index in [0.29, 0.717) is 5.92 Å². The Hall–Kier alpha value is -1.31. The molecule has 80 valence electrons. The zero-order valence-electron chi connectivity index (χ0n) is 8.86. The molecule has 0 unspecified atom stereocenters. The van der Waals surface area contributed by atoms with Crippen molar-refractivity contribution >= 4 is 5.91 Å². The van der Waals surface area contributed by atoms with E-state index in [2.05, 4.69) is 0 Å². The van der Waals surface area contributed by atoms with Crippen molar-refractivity contribution < 1.29 is 4.79 Å². The number of benzene rings is 1. The maximum atomic E-state index is 11.5. The Balaban J connectivity index is 2.23. The minimum Gasteiger partial charge on any atom is -0.369 e. The van der Waals surface area contributed by atoms with E-state index in [4.69, 9.17) is 5.73 Å². The highest BCUT2D eigenvalue weighted by Gasteiger charge is 2.30. The highest BCUT2D eigenvalue weighted by molar-refractivity contribution is 5.82. The molecule has 1 aromatic carbocycles. The van der Waals surface area contributed by atoms with Crippen molar-refractivity contribution in [3.8, 4) is 0 Å². The number of hydrogen-bond donors (Lipinski definition) is 1. The standard InChI is InChI=1S/C13H17NO/c14-13(15)12(11-8-4-5-9-11)10-6-2-1-3-7-10/h1-3,6-7,11-12H,4-5,8-9H2,(H2,14,15)/t12-/m0/s1. The smallest absolute Gasteiger partial charge is 0.225 e. The summed E-state index contributed by atoms with van der Waals surface area (Å²) in [6.45, 7) is 0. The van der Waals surface area contributed by atoms with Crippen LogP contribution in [0.2, 0.25) is 0 Å². The van der Waals surface area contributed by atoms with Gasteiger partial charge in [-0.3, -0.25) is 4.79 Å². The van der Waals surface area contributed by atoms with E-state index in [9.17, 15) is 4.79 Å². The number of primary amides is 1. The molecule has 2 N–H and O–H groups in total. The number of carbonyl (C=O) groups is 1. The molecule has 2 rings (SSSR count). The lowest BCUT2D eigenvalue weighted by Gasteiger charge is -2.20. The van der Waals surface area contributed by atoms with Gasteiger partial charge in [-0.05, 0) is 24.3 Å². The first kappa shape index (κ1) is 10.2. The monoisotopic (exact) mass is 203 g/mol.